The van der Waals surface area contributed by atoms with Crippen molar-refractivity contribution in [3.05, 3.63) is 48.6 Å². The molecule has 494 valence electrons. The fraction of sp³-hybridized carbons (Fsp3) is 0.879. The van der Waals surface area contributed by atoms with Gasteiger partial charge in [0, 0.05) is 6.42 Å². The van der Waals surface area contributed by atoms with Gasteiger partial charge in [0.1, 0.15) is 0 Å². The van der Waals surface area contributed by atoms with E-state index in [1.54, 1.807) is 0 Å². The Kier molecular flexibility index (Phi) is 40.6. The predicted octanol–water partition coefficient (Wildman–Crippen LogP) is 22.3. The highest BCUT2D eigenvalue weighted by Crippen LogP contribution is 2.35. The minimum absolute atomic E-state index is 0.0662. The molecule has 0 saturated carbocycles. The van der Waals surface area contributed by atoms with Crippen molar-refractivity contribution in [2.75, 3.05) is 26.4 Å². The first-order chi connectivity index (χ1) is 37.4. The summed E-state index contributed by atoms with van der Waals surface area (Å²) in [6.07, 6.45) is 25.3. The van der Waals surface area contributed by atoms with Crippen molar-refractivity contribution >= 4 is 50.4 Å². The van der Waals surface area contributed by atoms with E-state index in [1.165, 1.54) is 0 Å². The third-order valence-corrected chi connectivity index (χ3v) is 37.2. The van der Waals surface area contributed by atoms with Crippen LogP contribution < -0.4 is 0 Å². The van der Waals surface area contributed by atoms with E-state index in [0.29, 0.717) is 24.0 Å². The zero-order valence-electron chi connectivity index (χ0n) is 59.4. The second-order valence-electron chi connectivity index (χ2n) is 32.1. The Hall–Kier alpha value is -0.269. The highest BCUT2D eigenvalue weighted by molar-refractivity contribution is 6.89. The molecule has 83 heavy (non-hydrogen) atoms. The van der Waals surface area contributed by atoms with E-state index in [2.05, 4.69) is 225 Å². The van der Waals surface area contributed by atoms with Crippen molar-refractivity contribution in [3.63, 3.8) is 0 Å². The molecule has 17 heteroatoms. The summed E-state index contributed by atoms with van der Waals surface area (Å²) in [7, 11) is -13.6. The van der Waals surface area contributed by atoms with Gasteiger partial charge in [0.15, 0.2) is 33.3 Å². The summed E-state index contributed by atoms with van der Waals surface area (Å²) in [4.78, 5) is 0. The molecule has 0 amide bonds. The Morgan fingerprint density at radius 3 is 0.747 bits per heavy atom. The fourth-order valence-corrected chi connectivity index (χ4v) is 38.0. The standard InChI is InChI=1S/C34H69F3O4Si3.C32H68O4Si3/c1-30(38-25-18-14-16-22-32(3,4)5)20-27-42(9,10)40-44(13,29-24-34(35,36)37)41-43(11,12)28-21-31(2)39-26-19-15-17-23-33(6,7)8;1-29(33-25-19-15-17-23-31(3,4)5)21-27-37(9,10)35-39(13,14)36-38(11,12)28-22-30(2)34-26-20-16-18-24-32(6,7)8/h14-17,30-31H,18-29H2,1-13H3;15-18,29-30H,19-28H2,1-14H3/b16-14+,17-15+;17-15+,18-16+. The van der Waals surface area contributed by atoms with Gasteiger partial charge in [-0.1, -0.05) is 132 Å². The van der Waals surface area contributed by atoms with E-state index in [9.17, 15) is 13.2 Å². The van der Waals surface area contributed by atoms with Crippen LogP contribution in [0.5, 0.6) is 0 Å². The Balaban J connectivity index is 0. The van der Waals surface area contributed by atoms with Crippen LogP contribution in [0.25, 0.3) is 0 Å². The highest BCUT2D eigenvalue weighted by Gasteiger charge is 2.46. The van der Waals surface area contributed by atoms with Crippen LogP contribution in [0.1, 0.15) is 194 Å². The van der Waals surface area contributed by atoms with E-state index >= 15 is 0 Å². The maximum Gasteiger partial charge on any atom is 0.389 e. The smallest absolute Gasteiger partial charge is 0.389 e. The van der Waals surface area contributed by atoms with Crippen molar-refractivity contribution in [3.8, 4) is 0 Å². The summed E-state index contributed by atoms with van der Waals surface area (Å²) >= 11 is 0. The van der Waals surface area contributed by atoms with E-state index < -0.39 is 63.0 Å². The van der Waals surface area contributed by atoms with Crippen LogP contribution >= 0.6 is 0 Å². The lowest BCUT2D eigenvalue weighted by Gasteiger charge is -2.41. The van der Waals surface area contributed by atoms with Gasteiger partial charge >= 0.3 is 23.3 Å². The van der Waals surface area contributed by atoms with Gasteiger partial charge in [-0.15, -0.1) is 0 Å². The molecule has 0 N–H and O–H groups in total. The van der Waals surface area contributed by atoms with Crippen LogP contribution in [-0.2, 0) is 35.4 Å². The SMILES string of the molecule is CC(CC[Si](C)(C)O[Si](C)(C)O[Si](C)(C)CCC(C)OCC/C=C/CC(C)(C)C)OCC/C=C/CC(C)(C)C.CC(CC[Si](C)(C)O[Si](C)(CCC(F)(F)F)O[Si](C)(C)CCC(C)OCC/C=C/CC(C)(C)C)OCC/C=C/CC(C)(C)C. The average Bonchev–Trinajstić information content (AvgIpc) is 3.28. The second kappa shape index (κ2) is 39.8. The van der Waals surface area contributed by atoms with Gasteiger partial charge < -0.3 is 35.4 Å². The first-order valence-electron chi connectivity index (χ1n) is 32.4. The molecule has 0 radical (unpaired) electrons. The summed E-state index contributed by atoms with van der Waals surface area (Å²) in [5, 5.41) is 0. The first kappa shape index (κ1) is 84.8. The van der Waals surface area contributed by atoms with Crippen molar-refractivity contribution in [2.24, 2.45) is 21.7 Å². The van der Waals surface area contributed by atoms with E-state index in [4.69, 9.17) is 35.4 Å². The molecule has 0 aromatic rings. The second-order valence-corrected chi connectivity index (χ2v) is 57.0. The molecule has 0 rings (SSSR count). The van der Waals surface area contributed by atoms with Crippen molar-refractivity contribution < 1.29 is 48.6 Å². The number of ether oxygens (including phenoxy) is 4. The van der Waals surface area contributed by atoms with Crippen molar-refractivity contribution in [1.29, 1.82) is 0 Å². The summed E-state index contributed by atoms with van der Waals surface area (Å²) in [5.74, 6) is 0. The zero-order valence-corrected chi connectivity index (χ0v) is 65.4. The maximum absolute atomic E-state index is 13.4. The first-order valence-corrected chi connectivity index (χ1v) is 50.2. The van der Waals surface area contributed by atoms with Crippen LogP contribution in [-0.4, -0.2) is 107 Å². The maximum atomic E-state index is 13.4. The quantitative estimate of drug-likeness (QED) is 0.0340. The van der Waals surface area contributed by atoms with Crippen LogP contribution in [0.2, 0.25) is 102 Å². The van der Waals surface area contributed by atoms with Crippen molar-refractivity contribution in [2.45, 2.75) is 327 Å². The molecule has 0 aromatic heterocycles. The number of hydrogen-bond acceptors (Lipinski definition) is 8. The molecule has 4 atom stereocenters. The average molecular weight is 1280 g/mol. The Morgan fingerprint density at radius 1 is 0.325 bits per heavy atom. The fourth-order valence-electron chi connectivity index (χ4n) is 9.32. The van der Waals surface area contributed by atoms with Gasteiger partial charge in [-0.25, -0.2) is 0 Å². The third kappa shape index (κ3) is 57.9. The predicted molar refractivity (Wildman–Crippen MR) is 370 cm³/mol. The van der Waals surface area contributed by atoms with Crippen LogP contribution in [0.3, 0.4) is 0 Å². The number of rotatable bonds is 42. The van der Waals surface area contributed by atoms with Gasteiger partial charge in [0.2, 0.25) is 0 Å². The topological polar surface area (TPSA) is 73.8 Å². The Morgan fingerprint density at radius 2 is 0.542 bits per heavy atom. The molecule has 0 aromatic carbocycles. The molecule has 0 saturated heterocycles. The lowest BCUT2D eigenvalue weighted by molar-refractivity contribution is -0.131. The number of allylic oxidation sites excluding steroid dienone is 4. The minimum atomic E-state index is -4.23. The zero-order chi connectivity index (χ0) is 64.7. The normalized spacial score (nSPS) is 16.5. The summed E-state index contributed by atoms with van der Waals surface area (Å²) in [6.45, 7) is 62.6. The molecular formula is C66H137F3O8Si6. The highest BCUT2D eigenvalue weighted by atomic mass is 28.5. The largest absolute Gasteiger partial charge is 0.437 e. The molecule has 0 aliphatic carbocycles. The molecule has 0 heterocycles. The van der Waals surface area contributed by atoms with Gasteiger partial charge in [-0.3, -0.25) is 0 Å². The summed E-state index contributed by atoms with van der Waals surface area (Å²) in [6, 6.07) is 3.78. The third-order valence-electron chi connectivity index (χ3n) is 13.8. The van der Waals surface area contributed by atoms with Gasteiger partial charge in [-0.05, 0) is 229 Å². The van der Waals surface area contributed by atoms with E-state index in [1.807, 2.05) is 6.55 Å². The minimum Gasteiger partial charge on any atom is -0.437 e. The van der Waals surface area contributed by atoms with Crippen LogP contribution in [0, 0.1) is 21.7 Å². The molecule has 0 fully saturated rings. The molecule has 0 aliphatic heterocycles. The number of alkyl halides is 3. The molecule has 0 aliphatic rings. The van der Waals surface area contributed by atoms with Gasteiger partial charge in [0.25, 0.3) is 0 Å². The van der Waals surface area contributed by atoms with E-state index in [-0.39, 0.29) is 41.3 Å². The molecular weight excluding hydrogens is 1150 g/mol. The molecule has 0 spiro atoms. The summed E-state index contributed by atoms with van der Waals surface area (Å²) < 4.78 is 91.4. The molecule has 8 nitrogen and oxygen atoms in total. The van der Waals surface area contributed by atoms with Gasteiger partial charge in [-0.2, -0.15) is 13.2 Å². The lowest BCUT2D eigenvalue weighted by atomic mass is 9.92. The van der Waals surface area contributed by atoms with E-state index in [0.717, 1.165) is 114 Å². The van der Waals surface area contributed by atoms with Crippen LogP contribution in [0.4, 0.5) is 13.2 Å². The van der Waals surface area contributed by atoms with Crippen LogP contribution in [0.15, 0.2) is 48.6 Å². The molecule has 4 unspecified atom stereocenters. The Labute approximate surface area is 519 Å². The lowest BCUT2D eigenvalue weighted by Crippen LogP contribution is -2.54. The number of halogens is 3. The Bertz CT molecular complexity index is 1680. The number of hydrogen-bond donors (Lipinski definition) is 0. The molecule has 0 bridgehead atoms. The van der Waals surface area contributed by atoms with Gasteiger partial charge in [0.05, 0.1) is 50.8 Å². The van der Waals surface area contributed by atoms with Crippen molar-refractivity contribution in [1.82, 2.24) is 0 Å². The monoisotopic (exact) mass is 1280 g/mol. The summed E-state index contributed by atoms with van der Waals surface area (Å²) in [5.41, 5.74) is 1.29.